The van der Waals surface area contributed by atoms with Crippen LogP contribution in [0.15, 0.2) is 23.1 Å². The second-order valence-electron chi connectivity index (χ2n) is 9.47. The van der Waals surface area contributed by atoms with Gasteiger partial charge < -0.3 is 19.3 Å². The fourth-order valence-electron chi connectivity index (χ4n) is 5.01. The molecule has 3 heterocycles. The summed E-state index contributed by atoms with van der Waals surface area (Å²) in [4.78, 5) is 29.6. The summed E-state index contributed by atoms with van der Waals surface area (Å²) in [6.07, 6.45) is 4.54. The second-order valence-corrected chi connectivity index (χ2v) is 11.4. The fraction of sp³-hybridized carbons (Fsp3) is 0.667. The summed E-state index contributed by atoms with van der Waals surface area (Å²) in [5, 5.41) is 0. The normalized spacial score (nSPS) is 24.3. The van der Waals surface area contributed by atoms with Gasteiger partial charge >= 0.3 is 5.97 Å². The molecule has 1 amide bonds. The maximum atomic E-state index is 13.2. The van der Waals surface area contributed by atoms with Crippen molar-refractivity contribution < 1.29 is 27.5 Å². The third-order valence-corrected chi connectivity index (χ3v) is 8.58. The zero-order valence-electron chi connectivity index (χ0n) is 20.1. The third kappa shape index (κ3) is 5.55. The number of sulfonamides is 1. The van der Waals surface area contributed by atoms with Crippen molar-refractivity contribution in [2.24, 2.45) is 0 Å². The van der Waals surface area contributed by atoms with Crippen LogP contribution in [0.4, 0.5) is 5.69 Å². The highest BCUT2D eigenvalue weighted by atomic mass is 32.2. The van der Waals surface area contributed by atoms with Gasteiger partial charge in [0.25, 0.3) is 5.91 Å². The topological polar surface area (TPSA) is 96.5 Å². The predicted octanol–water partition coefficient (Wildman–Crippen LogP) is 2.25. The lowest BCUT2D eigenvalue weighted by molar-refractivity contribution is -0.146. The van der Waals surface area contributed by atoms with E-state index in [1.165, 1.54) is 10.4 Å². The highest BCUT2D eigenvalue weighted by Crippen LogP contribution is 2.30. The molecule has 10 heteroatoms. The number of rotatable bonds is 6. The van der Waals surface area contributed by atoms with Crippen LogP contribution < -0.4 is 4.90 Å². The molecule has 34 heavy (non-hydrogen) atoms. The number of esters is 1. The zero-order chi connectivity index (χ0) is 24.3. The Bertz CT molecular complexity index is 992. The van der Waals surface area contributed by atoms with Gasteiger partial charge in [-0.1, -0.05) is 6.42 Å². The lowest BCUT2D eigenvalue weighted by Crippen LogP contribution is -2.49. The summed E-state index contributed by atoms with van der Waals surface area (Å²) in [5.74, 6) is -0.963. The quantitative estimate of drug-likeness (QED) is 0.561. The van der Waals surface area contributed by atoms with Gasteiger partial charge in [-0.15, -0.1) is 0 Å². The summed E-state index contributed by atoms with van der Waals surface area (Å²) in [6.45, 7) is 6.87. The molecule has 1 aromatic rings. The zero-order valence-corrected chi connectivity index (χ0v) is 20.9. The summed E-state index contributed by atoms with van der Waals surface area (Å²) < 4.78 is 39.0. The summed E-state index contributed by atoms with van der Waals surface area (Å²) in [6, 6.07) is 4.70. The molecule has 2 unspecified atom stereocenters. The average molecular weight is 494 g/mol. The monoisotopic (exact) mass is 493 g/mol. The molecule has 0 aliphatic carbocycles. The average Bonchev–Trinajstić information content (AvgIpc) is 3.36. The lowest BCUT2D eigenvalue weighted by Gasteiger charge is -2.35. The smallest absolute Gasteiger partial charge is 0.340 e. The van der Waals surface area contributed by atoms with E-state index in [1.54, 1.807) is 17.0 Å². The van der Waals surface area contributed by atoms with E-state index in [0.717, 1.165) is 45.2 Å². The second kappa shape index (κ2) is 10.6. The van der Waals surface area contributed by atoms with Gasteiger partial charge in [-0.3, -0.25) is 4.79 Å². The van der Waals surface area contributed by atoms with Crippen LogP contribution in [0.3, 0.4) is 0 Å². The van der Waals surface area contributed by atoms with Crippen LogP contribution in [-0.4, -0.2) is 87.6 Å². The molecule has 0 N–H and O–H groups in total. The SMILES string of the molecule is CC1CN(C(=O)COC(=O)c2cc(S(=O)(=O)N3CCCCC3)ccc2N2CCCC2)CC(C)O1. The molecule has 4 rings (SSSR count). The largest absolute Gasteiger partial charge is 0.452 e. The molecule has 0 bridgehead atoms. The maximum absolute atomic E-state index is 13.2. The highest BCUT2D eigenvalue weighted by molar-refractivity contribution is 7.89. The molecule has 188 valence electrons. The Morgan fingerprint density at radius 3 is 2.24 bits per heavy atom. The summed E-state index contributed by atoms with van der Waals surface area (Å²) >= 11 is 0. The van der Waals surface area contributed by atoms with Crippen LogP contribution in [0.2, 0.25) is 0 Å². The third-order valence-electron chi connectivity index (χ3n) is 6.69. The molecule has 0 radical (unpaired) electrons. The first-order valence-corrected chi connectivity index (χ1v) is 13.7. The van der Waals surface area contributed by atoms with Crippen LogP contribution in [0, 0.1) is 0 Å². The molecule has 3 saturated heterocycles. The minimum absolute atomic E-state index is 0.0816. The molecule has 2 atom stereocenters. The van der Waals surface area contributed by atoms with Crippen molar-refractivity contribution in [3.8, 4) is 0 Å². The van der Waals surface area contributed by atoms with Crippen molar-refractivity contribution in [3.05, 3.63) is 23.8 Å². The molecular formula is C24H35N3O6S. The molecule has 0 saturated carbocycles. The standard InChI is InChI=1S/C24H35N3O6S/c1-18-15-26(16-19(2)33-18)23(28)17-32-24(29)21-14-20(8-9-22(21)25-10-6-7-11-25)34(30,31)27-12-4-3-5-13-27/h8-9,14,18-19H,3-7,10-13,15-17H2,1-2H3. The number of carbonyl (C=O) groups is 2. The van der Waals surface area contributed by atoms with E-state index in [1.807, 2.05) is 13.8 Å². The van der Waals surface area contributed by atoms with Crippen molar-refractivity contribution in [2.75, 3.05) is 50.8 Å². The maximum Gasteiger partial charge on any atom is 0.340 e. The first-order valence-electron chi connectivity index (χ1n) is 12.2. The van der Waals surface area contributed by atoms with Crippen LogP contribution in [0.1, 0.15) is 56.3 Å². The van der Waals surface area contributed by atoms with Gasteiger partial charge in [0.1, 0.15) is 0 Å². The van der Waals surface area contributed by atoms with Crippen LogP contribution in [0.5, 0.6) is 0 Å². The van der Waals surface area contributed by atoms with Crippen LogP contribution in [-0.2, 0) is 24.3 Å². The number of carbonyl (C=O) groups excluding carboxylic acids is 2. The molecule has 0 aromatic heterocycles. The fourth-order valence-corrected chi connectivity index (χ4v) is 6.55. The van der Waals surface area contributed by atoms with Gasteiger partial charge in [0, 0.05) is 39.3 Å². The molecular weight excluding hydrogens is 458 g/mol. The van der Waals surface area contributed by atoms with Gasteiger partial charge in [0.2, 0.25) is 10.0 Å². The number of hydrogen-bond donors (Lipinski definition) is 0. The van der Waals surface area contributed by atoms with E-state index in [0.29, 0.717) is 31.9 Å². The number of amides is 1. The van der Waals surface area contributed by atoms with Crippen LogP contribution >= 0.6 is 0 Å². The molecule has 1 aromatic carbocycles. The number of benzene rings is 1. The van der Waals surface area contributed by atoms with Gasteiger partial charge in [0.15, 0.2) is 6.61 Å². The van der Waals surface area contributed by atoms with Crippen molar-refractivity contribution >= 4 is 27.6 Å². The molecule has 3 aliphatic rings. The highest BCUT2D eigenvalue weighted by Gasteiger charge is 2.30. The number of piperidine rings is 1. The van der Waals surface area contributed by atoms with E-state index < -0.39 is 16.0 Å². The Kier molecular flexibility index (Phi) is 7.79. The van der Waals surface area contributed by atoms with Gasteiger partial charge in [-0.25, -0.2) is 13.2 Å². The first-order chi connectivity index (χ1) is 16.3. The molecule has 0 spiro atoms. The Morgan fingerprint density at radius 2 is 1.59 bits per heavy atom. The number of hydrogen-bond acceptors (Lipinski definition) is 7. The number of nitrogens with zero attached hydrogens (tertiary/aromatic N) is 3. The minimum Gasteiger partial charge on any atom is -0.452 e. The summed E-state index contributed by atoms with van der Waals surface area (Å²) in [5.41, 5.74) is 0.845. The van der Waals surface area contributed by atoms with Crippen molar-refractivity contribution in [1.82, 2.24) is 9.21 Å². The van der Waals surface area contributed by atoms with Crippen molar-refractivity contribution in [1.29, 1.82) is 0 Å². The Hall–Kier alpha value is -2.17. The Labute approximate surface area is 202 Å². The number of morpholine rings is 1. The molecule has 3 fully saturated rings. The Morgan fingerprint density at radius 1 is 0.971 bits per heavy atom. The van der Waals surface area contributed by atoms with E-state index in [4.69, 9.17) is 9.47 Å². The van der Waals surface area contributed by atoms with E-state index in [-0.39, 0.29) is 35.2 Å². The van der Waals surface area contributed by atoms with Gasteiger partial charge in [0.05, 0.1) is 28.4 Å². The van der Waals surface area contributed by atoms with Gasteiger partial charge in [-0.05, 0) is 57.7 Å². The minimum atomic E-state index is -3.70. The predicted molar refractivity (Wildman–Crippen MR) is 127 cm³/mol. The molecule has 9 nitrogen and oxygen atoms in total. The van der Waals surface area contributed by atoms with E-state index >= 15 is 0 Å². The Balaban J connectivity index is 1.53. The number of anilines is 1. The van der Waals surface area contributed by atoms with Crippen molar-refractivity contribution in [2.45, 2.75) is 63.1 Å². The number of ether oxygens (including phenoxy) is 2. The van der Waals surface area contributed by atoms with Crippen LogP contribution in [0.25, 0.3) is 0 Å². The molecule has 3 aliphatic heterocycles. The summed E-state index contributed by atoms with van der Waals surface area (Å²) in [7, 11) is -3.70. The van der Waals surface area contributed by atoms with Gasteiger partial charge in [-0.2, -0.15) is 4.31 Å². The van der Waals surface area contributed by atoms with E-state index in [2.05, 4.69) is 4.90 Å². The lowest BCUT2D eigenvalue weighted by atomic mass is 10.1. The van der Waals surface area contributed by atoms with Crippen molar-refractivity contribution in [3.63, 3.8) is 0 Å². The first kappa shape index (κ1) is 24.9. The van der Waals surface area contributed by atoms with E-state index in [9.17, 15) is 18.0 Å².